The predicted octanol–water partition coefficient (Wildman–Crippen LogP) is 3.70. The van der Waals surface area contributed by atoms with Crippen LogP contribution in [0.2, 0.25) is 10.0 Å². The first-order valence-electron chi connectivity index (χ1n) is 7.41. The molecule has 0 fully saturated rings. The molecule has 0 saturated carbocycles. The van der Waals surface area contributed by atoms with Crippen molar-refractivity contribution >= 4 is 44.8 Å². The number of hydrogen-bond donors (Lipinski definition) is 1. The van der Waals surface area contributed by atoms with Crippen LogP contribution >= 0.6 is 23.2 Å². The summed E-state index contributed by atoms with van der Waals surface area (Å²) in [6, 6.07) is 12.0. The van der Waals surface area contributed by atoms with Crippen LogP contribution in [0.1, 0.15) is 11.1 Å². The van der Waals surface area contributed by atoms with E-state index in [1.165, 1.54) is 0 Å². The molecule has 2 aromatic rings. The number of anilines is 1. The number of rotatable bonds is 6. The molecule has 0 heterocycles. The fourth-order valence-electron chi connectivity index (χ4n) is 2.22. The molecule has 1 N–H and O–H groups in total. The van der Waals surface area contributed by atoms with Crippen molar-refractivity contribution in [2.45, 2.75) is 13.5 Å². The number of carbonyl (C=O) groups is 1. The number of benzene rings is 2. The lowest BCUT2D eigenvalue weighted by Crippen LogP contribution is -2.37. The lowest BCUT2D eigenvalue weighted by Gasteiger charge is -2.20. The molecule has 1 amide bonds. The summed E-state index contributed by atoms with van der Waals surface area (Å²) in [5, 5.41) is 3.71. The zero-order valence-electron chi connectivity index (χ0n) is 13.8. The average Bonchev–Trinajstić information content (AvgIpc) is 2.50. The van der Waals surface area contributed by atoms with Crippen LogP contribution in [0.15, 0.2) is 42.5 Å². The SMILES string of the molecule is Cc1cc(Cl)ccc1NC(=O)CN(Cc1ccccc1Cl)S(C)(=O)=O. The molecule has 8 heteroatoms. The molecule has 5 nitrogen and oxygen atoms in total. The van der Waals surface area contributed by atoms with Crippen LogP contribution in [0.25, 0.3) is 0 Å². The van der Waals surface area contributed by atoms with Crippen LogP contribution in [0, 0.1) is 6.92 Å². The molecule has 0 radical (unpaired) electrons. The molecule has 0 atom stereocenters. The van der Waals surface area contributed by atoms with Gasteiger partial charge in [-0.1, -0.05) is 41.4 Å². The van der Waals surface area contributed by atoms with E-state index >= 15 is 0 Å². The van der Waals surface area contributed by atoms with Gasteiger partial charge in [-0.2, -0.15) is 4.31 Å². The molecule has 0 spiro atoms. The van der Waals surface area contributed by atoms with E-state index in [0.717, 1.165) is 16.1 Å². The Labute approximate surface area is 157 Å². The van der Waals surface area contributed by atoms with E-state index in [-0.39, 0.29) is 13.1 Å². The van der Waals surface area contributed by atoms with Crippen LogP contribution in [0.3, 0.4) is 0 Å². The Morgan fingerprint density at radius 1 is 1.16 bits per heavy atom. The topological polar surface area (TPSA) is 66.5 Å². The van der Waals surface area contributed by atoms with Gasteiger partial charge in [0.15, 0.2) is 0 Å². The molecular weight excluding hydrogens is 383 g/mol. The van der Waals surface area contributed by atoms with Crippen molar-refractivity contribution in [3.8, 4) is 0 Å². The van der Waals surface area contributed by atoms with Crippen molar-refractivity contribution in [3.05, 3.63) is 63.6 Å². The van der Waals surface area contributed by atoms with Crippen molar-refractivity contribution in [1.82, 2.24) is 4.31 Å². The fourth-order valence-corrected chi connectivity index (χ4v) is 3.37. The van der Waals surface area contributed by atoms with E-state index in [9.17, 15) is 13.2 Å². The molecule has 134 valence electrons. The third-order valence-corrected chi connectivity index (χ3v) is 5.36. The average molecular weight is 401 g/mol. The van der Waals surface area contributed by atoms with Crippen LogP contribution in [-0.2, 0) is 21.4 Å². The van der Waals surface area contributed by atoms with Crippen molar-refractivity contribution < 1.29 is 13.2 Å². The number of aryl methyl sites for hydroxylation is 1. The second-order valence-electron chi connectivity index (χ2n) is 5.63. The first-order valence-corrected chi connectivity index (χ1v) is 10.0. The second kappa shape index (κ2) is 8.19. The summed E-state index contributed by atoms with van der Waals surface area (Å²) in [7, 11) is -3.59. The number of nitrogens with zero attached hydrogens (tertiary/aromatic N) is 1. The highest BCUT2D eigenvalue weighted by Gasteiger charge is 2.21. The Morgan fingerprint density at radius 3 is 2.44 bits per heavy atom. The van der Waals surface area contributed by atoms with E-state index in [2.05, 4.69) is 5.32 Å². The van der Waals surface area contributed by atoms with Gasteiger partial charge in [-0.3, -0.25) is 4.79 Å². The maximum Gasteiger partial charge on any atom is 0.239 e. The molecule has 0 unspecified atom stereocenters. The highest BCUT2D eigenvalue weighted by atomic mass is 35.5. The van der Waals surface area contributed by atoms with Crippen molar-refractivity contribution in [2.75, 3.05) is 18.1 Å². The van der Waals surface area contributed by atoms with Gasteiger partial charge >= 0.3 is 0 Å². The monoisotopic (exact) mass is 400 g/mol. The Bertz CT molecular complexity index is 885. The minimum atomic E-state index is -3.59. The smallest absolute Gasteiger partial charge is 0.239 e. The van der Waals surface area contributed by atoms with E-state index in [4.69, 9.17) is 23.2 Å². The summed E-state index contributed by atoms with van der Waals surface area (Å²) >= 11 is 12.0. The standard InChI is InChI=1S/C17H18Cl2N2O3S/c1-12-9-14(18)7-8-16(12)20-17(22)11-21(25(2,23)24)10-13-5-3-4-6-15(13)19/h3-9H,10-11H2,1-2H3,(H,20,22). The van der Waals surface area contributed by atoms with Gasteiger partial charge in [0.2, 0.25) is 15.9 Å². The summed E-state index contributed by atoms with van der Waals surface area (Å²) in [5.41, 5.74) is 2.00. The van der Waals surface area contributed by atoms with Crippen molar-refractivity contribution in [2.24, 2.45) is 0 Å². The quantitative estimate of drug-likeness (QED) is 0.803. The van der Waals surface area contributed by atoms with Crippen molar-refractivity contribution in [1.29, 1.82) is 0 Å². The Hall–Kier alpha value is -1.60. The number of carbonyl (C=O) groups excluding carboxylic acids is 1. The zero-order valence-corrected chi connectivity index (χ0v) is 16.1. The largest absolute Gasteiger partial charge is 0.325 e. The molecule has 0 saturated heterocycles. The van der Waals surface area contributed by atoms with Crippen LogP contribution < -0.4 is 5.32 Å². The molecule has 0 aromatic heterocycles. The lowest BCUT2D eigenvalue weighted by atomic mass is 10.2. The van der Waals surface area contributed by atoms with Gasteiger partial charge in [0.25, 0.3) is 0 Å². The van der Waals surface area contributed by atoms with Crippen LogP contribution in [0.5, 0.6) is 0 Å². The molecule has 2 rings (SSSR count). The number of sulfonamides is 1. The highest BCUT2D eigenvalue weighted by Crippen LogP contribution is 2.21. The minimum absolute atomic E-state index is 0.0194. The van der Waals surface area contributed by atoms with Gasteiger partial charge in [0.05, 0.1) is 12.8 Å². The van der Waals surface area contributed by atoms with Gasteiger partial charge in [0, 0.05) is 22.3 Å². The molecular formula is C17H18Cl2N2O3S. The van der Waals surface area contributed by atoms with Gasteiger partial charge in [-0.25, -0.2) is 8.42 Å². The maximum absolute atomic E-state index is 12.3. The number of nitrogens with one attached hydrogen (secondary N) is 1. The second-order valence-corrected chi connectivity index (χ2v) is 8.46. The number of halogens is 2. The lowest BCUT2D eigenvalue weighted by molar-refractivity contribution is -0.116. The molecule has 2 aromatic carbocycles. The van der Waals surface area contributed by atoms with Gasteiger partial charge in [-0.05, 0) is 42.3 Å². The maximum atomic E-state index is 12.3. The van der Waals surface area contributed by atoms with Gasteiger partial charge in [-0.15, -0.1) is 0 Å². The summed E-state index contributed by atoms with van der Waals surface area (Å²) in [5.74, 6) is -0.442. The normalized spacial score (nSPS) is 11.6. The molecule has 0 aliphatic rings. The Balaban J connectivity index is 2.14. The van der Waals surface area contributed by atoms with Gasteiger partial charge in [0.1, 0.15) is 0 Å². The summed E-state index contributed by atoms with van der Waals surface area (Å²) in [6.07, 6.45) is 1.06. The zero-order chi connectivity index (χ0) is 18.6. The molecule has 0 aliphatic carbocycles. The first kappa shape index (κ1) is 19.7. The third kappa shape index (κ3) is 5.71. The van der Waals surface area contributed by atoms with Crippen molar-refractivity contribution in [3.63, 3.8) is 0 Å². The van der Waals surface area contributed by atoms with Gasteiger partial charge < -0.3 is 5.32 Å². The highest BCUT2D eigenvalue weighted by molar-refractivity contribution is 7.88. The summed E-state index contributed by atoms with van der Waals surface area (Å²) in [4.78, 5) is 12.3. The molecule has 25 heavy (non-hydrogen) atoms. The Morgan fingerprint density at radius 2 is 1.84 bits per heavy atom. The van der Waals surface area contributed by atoms with E-state index in [1.54, 1.807) is 49.4 Å². The summed E-state index contributed by atoms with van der Waals surface area (Å²) in [6.45, 7) is 1.51. The summed E-state index contributed by atoms with van der Waals surface area (Å²) < 4.78 is 25.1. The Kier molecular flexibility index (Phi) is 6.46. The predicted molar refractivity (Wildman–Crippen MR) is 102 cm³/mol. The van der Waals surface area contributed by atoms with E-state index in [0.29, 0.717) is 21.3 Å². The van der Waals surface area contributed by atoms with Crippen LogP contribution in [0.4, 0.5) is 5.69 Å². The third-order valence-electron chi connectivity index (χ3n) is 3.56. The van der Waals surface area contributed by atoms with Crippen LogP contribution in [-0.4, -0.2) is 31.4 Å². The fraction of sp³-hybridized carbons (Fsp3) is 0.235. The number of amides is 1. The minimum Gasteiger partial charge on any atom is -0.325 e. The van der Waals surface area contributed by atoms with E-state index in [1.807, 2.05) is 0 Å². The van der Waals surface area contributed by atoms with E-state index < -0.39 is 15.9 Å². The molecule has 0 bridgehead atoms. The first-order chi connectivity index (χ1) is 11.7. The molecule has 0 aliphatic heterocycles. The number of hydrogen-bond acceptors (Lipinski definition) is 3.